The number of rotatable bonds is 4. The van der Waals surface area contributed by atoms with Crippen LogP contribution in [-0.4, -0.2) is 44.0 Å². The summed E-state index contributed by atoms with van der Waals surface area (Å²) >= 11 is 1.39. The van der Waals surface area contributed by atoms with Crippen molar-refractivity contribution >= 4 is 34.1 Å². The van der Waals surface area contributed by atoms with Crippen molar-refractivity contribution in [2.75, 3.05) is 7.05 Å². The third-order valence-corrected chi connectivity index (χ3v) is 4.76. The monoisotopic (exact) mass is 391 g/mol. The number of carbonyl (C=O) groups is 2. The third kappa shape index (κ3) is 3.16. The van der Waals surface area contributed by atoms with Crippen molar-refractivity contribution in [1.29, 1.82) is 0 Å². The molecule has 0 bridgehead atoms. The number of carbonyl (C=O) groups excluding carboxylic acids is 2. The molecule has 0 spiro atoms. The summed E-state index contributed by atoms with van der Waals surface area (Å²) in [5.41, 5.74) is 9.49. The molecule has 4 rings (SSSR count). The second-order valence-corrected chi connectivity index (χ2v) is 6.60. The number of pyridine rings is 3. The van der Waals surface area contributed by atoms with Crippen LogP contribution in [0.4, 0.5) is 0 Å². The molecule has 4 aromatic rings. The molecule has 0 radical (unpaired) electrons. The second-order valence-electron chi connectivity index (χ2n) is 5.77. The van der Waals surface area contributed by atoms with E-state index in [9.17, 15) is 9.59 Å². The minimum Gasteiger partial charge on any atom is -0.366 e. The topological polar surface area (TPSA) is 137 Å². The zero-order valence-corrected chi connectivity index (χ0v) is 15.4. The number of aromatic nitrogens is 5. The van der Waals surface area contributed by atoms with Gasteiger partial charge in [-0.25, -0.2) is 9.97 Å². The maximum atomic E-state index is 12.2. The van der Waals surface area contributed by atoms with Gasteiger partial charge in [0.2, 0.25) is 5.91 Å². The molecule has 3 N–H and O–H groups in total. The molecule has 0 saturated heterocycles. The molecule has 0 saturated carbocycles. The molecule has 28 heavy (non-hydrogen) atoms. The molecule has 138 valence electrons. The fourth-order valence-electron chi connectivity index (χ4n) is 2.66. The van der Waals surface area contributed by atoms with E-state index in [0.717, 1.165) is 5.39 Å². The van der Waals surface area contributed by atoms with Crippen molar-refractivity contribution in [3.8, 4) is 22.0 Å². The van der Waals surface area contributed by atoms with Crippen LogP contribution in [0.5, 0.6) is 0 Å². The van der Waals surface area contributed by atoms with E-state index in [1.807, 2.05) is 12.1 Å². The predicted molar refractivity (Wildman–Crippen MR) is 104 cm³/mol. The lowest BCUT2D eigenvalue weighted by Gasteiger charge is -2.09. The molecular formula is C18H13N7O2S. The van der Waals surface area contributed by atoms with Crippen LogP contribution in [0.15, 0.2) is 42.2 Å². The summed E-state index contributed by atoms with van der Waals surface area (Å²) in [6, 6.07) is 6.96. The highest BCUT2D eigenvalue weighted by molar-refractivity contribution is 7.12. The van der Waals surface area contributed by atoms with Crippen molar-refractivity contribution < 1.29 is 9.59 Å². The van der Waals surface area contributed by atoms with Crippen LogP contribution >= 0.6 is 11.3 Å². The van der Waals surface area contributed by atoms with Gasteiger partial charge >= 0.3 is 0 Å². The van der Waals surface area contributed by atoms with Gasteiger partial charge in [0, 0.05) is 30.4 Å². The van der Waals surface area contributed by atoms with Crippen molar-refractivity contribution in [3.05, 3.63) is 53.4 Å². The van der Waals surface area contributed by atoms with Crippen molar-refractivity contribution in [3.63, 3.8) is 0 Å². The zero-order valence-electron chi connectivity index (χ0n) is 14.6. The highest BCUT2D eigenvalue weighted by atomic mass is 32.1. The molecule has 0 aliphatic carbocycles. The normalized spacial score (nSPS) is 10.8. The van der Waals surface area contributed by atoms with E-state index in [2.05, 4.69) is 30.5 Å². The Kier molecular flexibility index (Phi) is 4.45. The van der Waals surface area contributed by atoms with Crippen LogP contribution in [0.1, 0.15) is 20.8 Å². The van der Waals surface area contributed by atoms with E-state index in [1.165, 1.54) is 30.6 Å². The Hall–Kier alpha value is -3.79. The fourth-order valence-corrected chi connectivity index (χ4v) is 3.18. The highest BCUT2D eigenvalue weighted by Gasteiger charge is 2.17. The first-order valence-corrected chi connectivity index (χ1v) is 9.00. The summed E-state index contributed by atoms with van der Waals surface area (Å²) in [6.45, 7) is 0. The molecular weight excluding hydrogens is 378 g/mol. The Morgan fingerprint density at radius 2 is 1.96 bits per heavy atom. The van der Waals surface area contributed by atoms with Crippen LogP contribution in [0.2, 0.25) is 0 Å². The molecule has 4 aromatic heterocycles. The Morgan fingerprint density at radius 1 is 1.11 bits per heavy atom. The number of nitrogens with one attached hydrogen (secondary N) is 1. The summed E-state index contributed by atoms with van der Waals surface area (Å²) in [4.78, 5) is 36.9. The molecule has 0 atom stereocenters. The Labute approximate surface area is 162 Å². The van der Waals surface area contributed by atoms with Gasteiger partial charge in [0.05, 0.1) is 16.8 Å². The van der Waals surface area contributed by atoms with Crippen molar-refractivity contribution in [2.45, 2.75) is 0 Å². The quantitative estimate of drug-likeness (QED) is 0.540. The molecule has 0 aromatic carbocycles. The Morgan fingerprint density at radius 3 is 2.68 bits per heavy atom. The largest absolute Gasteiger partial charge is 0.366 e. The molecule has 0 fully saturated rings. The molecule has 2 amide bonds. The summed E-state index contributed by atoms with van der Waals surface area (Å²) in [5.74, 6) is -1.04. The lowest BCUT2D eigenvalue weighted by Crippen LogP contribution is -2.21. The van der Waals surface area contributed by atoms with Gasteiger partial charge in [0.1, 0.15) is 16.9 Å². The van der Waals surface area contributed by atoms with Gasteiger partial charge in [-0.1, -0.05) is 11.3 Å². The van der Waals surface area contributed by atoms with Crippen LogP contribution in [-0.2, 0) is 0 Å². The van der Waals surface area contributed by atoms with Crippen LogP contribution < -0.4 is 11.1 Å². The van der Waals surface area contributed by atoms with Crippen LogP contribution in [0.3, 0.4) is 0 Å². The number of nitrogens with zero attached hydrogens (tertiary/aromatic N) is 5. The summed E-state index contributed by atoms with van der Waals surface area (Å²) < 4.78 is 0. The zero-order chi connectivity index (χ0) is 19.7. The predicted octanol–water partition coefficient (Wildman–Crippen LogP) is 1.67. The summed E-state index contributed by atoms with van der Waals surface area (Å²) in [5, 5.41) is 11.9. The van der Waals surface area contributed by atoms with E-state index in [-0.39, 0.29) is 11.3 Å². The minimum atomic E-state index is -0.644. The van der Waals surface area contributed by atoms with E-state index in [0.29, 0.717) is 27.5 Å². The number of primary amides is 1. The Balaban J connectivity index is 1.89. The first-order valence-electron chi connectivity index (χ1n) is 8.12. The molecule has 10 heteroatoms. The smallest absolute Gasteiger partial charge is 0.270 e. The SMILES string of the molecule is CNC(=O)c1ncc(C(N)=O)cc1-c1cc2nc(-c3nncs3)ccc2cn1. The maximum absolute atomic E-state index is 12.2. The van der Waals surface area contributed by atoms with Crippen LogP contribution in [0.25, 0.3) is 32.9 Å². The Bertz CT molecular complexity index is 1210. The number of fused-ring (bicyclic) bond motifs is 1. The first kappa shape index (κ1) is 17.6. The van der Waals surface area contributed by atoms with Gasteiger partial charge in [0.15, 0.2) is 5.01 Å². The maximum Gasteiger partial charge on any atom is 0.270 e. The first-order chi connectivity index (χ1) is 13.6. The molecule has 9 nitrogen and oxygen atoms in total. The van der Waals surface area contributed by atoms with E-state index in [1.54, 1.807) is 17.8 Å². The lowest BCUT2D eigenvalue weighted by atomic mass is 10.0. The number of hydrogen-bond acceptors (Lipinski definition) is 8. The van der Waals surface area contributed by atoms with E-state index >= 15 is 0 Å². The van der Waals surface area contributed by atoms with Gasteiger partial charge in [-0.05, 0) is 24.3 Å². The van der Waals surface area contributed by atoms with Gasteiger partial charge in [-0.3, -0.25) is 14.6 Å². The lowest BCUT2D eigenvalue weighted by molar-refractivity contribution is 0.0955. The summed E-state index contributed by atoms with van der Waals surface area (Å²) in [6.07, 6.45) is 2.91. The van der Waals surface area contributed by atoms with Crippen molar-refractivity contribution in [2.24, 2.45) is 5.73 Å². The van der Waals surface area contributed by atoms with E-state index in [4.69, 9.17) is 5.73 Å². The molecule has 0 unspecified atom stereocenters. The van der Waals surface area contributed by atoms with Crippen molar-refractivity contribution in [1.82, 2.24) is 30.5 Å². The number of hydrogen-bond donors (Lipinski definition) is 2. The third-order valence-electron chi connectivity index (χ3n) is 4.04. The van der Waals surface area contributed by atoms with Gasteiger partial charge in [0.25, 0.3) is 5.91 Å². The highest BCUT2D eigenvalue weighted by Crippen LogP contribution is 2.27. The molecule has 0 aliphatic rings. The van der Waals surface area contributed by atoms with Gasteiger partial charge < -0.3 is 11.1 Å². The number of amides is 2. The standard InChI is InChI=1S/C18H13N7O2S/c1-20-17(27)15-11(4-10(7-22-15)16(19)26)14-5-13-9(6-21-14)2-3-12(24-13)18-25-23-8-28-18/h2-8H,1H3,(H2,19,26)(H,20,27). The summed E-state index contributed by atoms with van der Waals surface area (Å²) in [7, 11) is 1.50. The average Bonchev–Trinajstić information content (AvgIpc) is 3.26. The average molecular weight is 391 g/mol. The fraction of sp³-hybridized carbons (Fsp3) is 0.0556. The molecule has 4 heterocycles. The minimum absolute atomic E-state index is 0.139. The molecule has 0 aliphatic heterocycles. The van der Waals surface area contributed by atoms with Crippen LogP contribution in [0, 0.1) is 0 Å². The number of nitrogens with two attached hydrogens (primary N) is 1. The van der Waals surface area contributed by atoms with Gasteiger partial charge in [-0.15, -0.1) is 10.2 Å². The second kappa shape index (κ2) is 7.08. The van der Waals surface area contributed by atoms with E-state index < -0.39 is 11.8 Å². The van der Waals surface area contributed by atoms with Gasteiger partial charge in [-0.2, -0.15) is 0 Å².